The summed E-state index contributed by atoms with van der Waals surface area (Å²) < 4.78 is 5.48. The second-order valence-electron chi connectivity index (χ2n) is 7.10. The van der Waals surface area contributed by atoms with Gasteiger partial charge in [-0.1, -0.05) is 18.2 Å². The number of rotatable bonds is 8. The Balaban J connectivity index is 1.35. The minimum Gasteiger partial charge on any atom is -0.494 e. The van der Waals surface area contributed by atoms with E-state index in [9.17, 15) is 9.59 Å². The molecule has 1 aromatic heterocycles. The molecule has 0 bridgehead atoms. The van der Waals surface area contributed by atoms with Gasteiger partial charge in [-0.3, -0.25) is 9.59 Å². The SMILES string of the molecule is CCOc1ccc(CCC2CCN(C(=O)CNC(=O)c3cccs3)CC2)cc1. The van der Waals surface area contributed by atoms with Crippen molar-refractivity contribution < 1.29 is 14.3 Å². The van der Waals surface area contributed by atoms with Gasteiger partial charge in [0.2, 0.25) is 5.91 Å². The number of aryl methyl sites for hydroxylation is 1. The van der Waals surface area contributed by atoms with Crippen LogP contribution in [0.25, 0.3) is 0 Å². The van der Waals surface area contributed by atoms with E-state index in [0.717, 1.165) is 44.5 Å². The first-order valence-corrected chi connectivity index (χ1v) is 10.8. The highest BCUT2D eigenvalue weighted by atomic mass is 32.1. The fraction of sp³-hybridized carbons (Fsp3) is 0.455. The smallest absolute Gasteiger partial charge is 0.261 e. The van der Waals surface area contributed by atoms with Crippen molar-refractivity contribution in [2.75, 3.05) is 26.2 Å². The minimum atomic E-state index is -0.173. The lowest BCUT2D eigenvalue weighted by Crippen LogP contribution is -2.44. The average Bonchev–Trinajstić information content (AvgIpc) is 3.27. The Bertz CT molecular complexity index is 751. The van der Waals surface area contributed by atoms with E-state index in [1.54, 1.807) is 6.07 Å². The molecule has 0 aliphatic carbocycles. The molecule has 6 heteroatoms. The summed E-state index contributed by atoms with van der Waals surface area (Å²) in [4.78, 5) is 26.8. The maximum atomic E-state index is 12.3. The summed E-state index contributed by atoms with van der Waals surface area (Å²) in [7, 11) is 0. The zero-order chi connectivity index (χ0) is 19.8. The van der Waals surface area contributed by atoms with Crippen LogP contribution in [0.5, 0.6) is 5.75 Å². The van der Waals surface area contributed by atoms with E-state index < -0.39 is 0 Å². The van der Waals surface area contributed by atoms with Crippen molar-refractivity contribution in [3.63, 3.8) is 0 Å². The van der Waals surface area contributed by atoms with Crippen molar-refractivity contribution in [1.82, 2.24) is 10.2 Å². The molecule has 2 aromatic rings. The number of carbonyl (C=O) groups is 2. The Morgan fingerprint density at radius 2 is 1.93 bits per heavy atom. The van der Waals surface area contributed by atoms with E-state index in [4.69, 9.17) is 4.74 Å². The molecule has 0 radical (unpaired) electrons. The van der Waals surface area contributed by atoms with E-state index in [1.165, 1.54) is 16.9 Å². The molecule has 2 heterocycles. The summed E-state index contributed by atoms with van der Waals surface area (Å²) in [5, 5.41) is 4.58. The number of piperidine rings is 1. The molecular formula is C22H28N2O3S. The molecule has 3 rings (SSSR count). The van der Waals surface area contributed by atoms with Gasteiger partial charge in [-0.05, 0) is 67.7 Å². The van der Waals surface area contributed by atoms with E-state index in [0.29, 0.717) is 17.4 Å². The largest absolute Gasteiger partial charge is 0.494 e. The van der Waals surface area contributed by atoms with Gasteiger partial charge in [-0.15, -0.1) is 11.3 Å². The van der Waals surface area contributed by atoms with Crippen LogP contribution in [0, 0.1) is 5.92 Å². The lowest BCUT2D eigenvalue weighted by molar-refractivity contribution is -0.131. The van der Waals surface area contributed by atoms with Crippen molar-refractivity contribution >= 4 is 23.2 Å². The molecule has 0 atom stereocenters. The lowest BCUT2D eigenvalue weighted by atomic mass is 9.90. The van der Waals surface area contributed by atoms with Crippen LogP contribution in [0.2, 0.25) is 0 Å². The van der Waals surface area contributed by atoms with Crippen LogP contribution >= 0.6 is 11.3 Å². The number of benzene rings is 1. The third kappa shape index (κ3) is 5.83. The number of hydrogen-bond donors (Lipinski definition) is 1. The Kier molecular flexibility index (Phi) is 7.48. The highest BCUT2D eigenvalue weighted by Gasteiger charge is 2.23. The predicted molar refractivity (Wildman–Crippen MR) is 112 cm³/mol. The van der Waals surface area contributed by atoms with Crippen molar-refractivity contribution in [2.45, 2.75) is 32.6 Å². The maximum absolute atomic E-state index is 12.3. The van der Waals surface area contributed by atoms with E-state index in [-0.39, 0.29) is 18.4 Å². The second kappa shape index (κ2) is 10.3. The van der Waals surface area contributed by atoms with Gasteiger partial charge < -0.3 is 15.0 Å². The Morgan fingerprint density at radius 3 is 2.57 bits per heavy atom. The predicted octanol–water partition coefficient (Wildman–Crippen LogP) is 3.75. The Labute approximate surface area is 170 Å². The number of likely N-dealkylation sites (tertiary alicyclic amines) is 1. The highest BCUT2D eigenvalue weighted by Crippen LogP contribution is 2.23. The van der Waals surface area contributed by atoms with Crippen LogP contribution in [0.1, 0.15) is 41.4 Å². The van der Waals surface area contributed by atoms with Gasteiger partial charge in [0.05, 0.1) is 18.0 Å². The Morgan fingerprint density at radius 1 is 1.18 bits per heavy atom. The third-order valence-corrected chi connectivity index (χ3v) is 6.06. The summed E-state index contributed by atoms with van der Waals surface area (Å²) in [6, 6.07) is 11.9. The molecule has 1 aromatic carbocycles. The van der Waals surface area contributed by atoms with E-state index in [1.807, 2.05) is 35.4 Å². The molecule has 2 amide bonds. The molecule has 1 saturated heterocycles. The fourth-order valence-corrected chi connectivity index (χ4v) is 4.16. The number of thiophene rings is 1. The number of amides is 2. The normalized spacial score (nSPS) is 14.7. The van der Waals surface area contributed by atoms with Crippen LogP contribution in [-0.4, -0.2) is 43.0 Å². The van der Waals surface area contributed by atoms with E-state index >= 15 is 0 Å². The Hall–Kier alpha value is -2.34. The summed E-state index contributed by atoms with van der Waals surface area (Å²) in [5.41, 5.74) is 1.33. The molecule has 1 fully saturated rings. The van der Waals surface area contributed by atoms with Gasteiger partial charge in [0.15, 0.2) is 0 Å². The van der Waals surface area contributed by atoms with Gasteiger partial charge in [0, 0.05) is 13.1 Å². The molecule has 28 heavy (non-hydrogen) atoms. The summed E-state index contributed by atoms with van der Waals surface area (Å²) in [5.74, 6) is 1.41. The van der Waals surface area contributed by atoms with Crippen LogP contribution in [-0.2, 0) is 11.2 Å². The lowest BCUT2D eigenvalue weighted by Gasteiger charge is -2.32. The summed E-state index contributed by atoms with van der Waals surface area (Å²) in [6.45, 7) is 4.31. The van der Waals surface area contributed by atoms with Gasteiger partial charge in [0.1, 0.15) is 5.75 Å². The molecule has 150 valence electrons. The fourth-order valence-electron chi connectivity index (χ4n) is 3.52. The van der Waals surface area contributed by atoms with Gasteiger partial charge in [-0.2, -0.15) is 0 Å². The van der Waals surface area contributed by atoms with Crippen molar-refractivity contribution in [1.29, 1.82) is 0 Å². The average molecular weight is 401 g/mol. The molecule has 1 N–H and O–H groups in total. The topological polar surface area (TPSA) is 58.6 Å². The van der Waals surface area contributed by atoms with Gasteiger partial charge in [0.25, 0.3) is 5.91 Å². The molecule has 0 spiro atoms. The molecular weight excluding hydrogens is 372 g/mol. The van der Waals surface area contributed by atoms with Crippen molar-refractivity contribution in [2.24, 2.45) is 5.92 Å². The van der Waals surface area contributed by atoms with Gasteiger partial charge in [-0.25, -0.2) is 0 Å². The third-order valence-electron chi connectivity index (χ3n) is 5.19. The molecule has 0 unspecified atom stereocenters. The highest BCUT2D eigenvalue weighted by molar-refractivity contribution is 7.12. The molecule has 5 nitrogen and oxygen atoms in total. The second-order valence-corrected chi connectivity index (χ2v) is 8.05. The van der Waals surface area contributed by atoms with Crippen molar-refractivity contribution in [3.8, 4) is 5.75 Å². The number of ether oxygens (including phenoxy) is 1. The zero-order valence-corrected chi connectivity index (χ0v) is 17.2. The van der Waals surface area contributed by atoms with Gasteiger partial charge >= 0.3 is 0 Å². The van der Waals surface area contributed by atoms with Crippen LogP contribution in [0.3, 0.4) is 0 Å². The first-order valence-electron chi connectivity index (χ1n) is 9.97. The number of nitrogens with zero attached hydrogens (tertiary/aromatic N) is 1. The monoisotopic (exact) mass is 400 g/mol. The number of nitrogens with one attached hydrogen (secondary N) is 1. The van der Waals surface area contributed by atoms with Crippen molar-refractivity contribution in [3.05, 3.63) is 52.2 Å². The molecule has 1 aliphatic heterocycles. The zero-order valence-electron chi connectivity index (χ0n) is 16.4. The first-order chi connectivity index (χ1) is 13.7. The molecule has 0 saturated carbocycles. The maximum Gasteiger partial charge on any atom is 0.261 e. The van der Waals surface area contributed by atoms with Crippen LogP contribution in [0.4, 0.5) is 0 Å². The standard InChI is InChI=1S/C22H28N2O3S/c1-2-27-19-9-7-17(8-10-19)5-6-18-11-13-24(14-12-18)21(25)16-23-22(26)20-4-3-15-28-20/h3-4,7-10,15,18H,2,5-6,11-14,16H2,1H3,(H,23,26). The first kappa shape index (κ1) is 20.4. The quantitative estimate of drug-likeness (QED) is 0.734. The van der Waals surface area contributed by atoms with E-state index in [2.05, 4.69) is 17.4 Å². The number of carbonyl (C=O) groups excluding carboxylic acids is 2. The summed E-state index contributed by atoms with van der Waals surface area (Å²) in [6.07, 6.45) is 4.26. The van der Waals surface area contributed by atoms with Crippen LogP contribution in [0.15, 0.2) is 41.8 Å². The summed E-state index contributed by atoms with van der Waals surface area (Å²) >= 11 is 1.38. The number of hydrogen-bond acceptors (Lipinski definition) is 4. The van der Waals surface area contributed by atoms with Crippen LogP contribution < -0.4 is 10.1 Å². The molecule has 1 aliphatic rings. The minimum absolute atomic E-state index is 0.00914.